The molecule has 0 aliphatic heterocycles. The molecule has 1 N–H and O–H groups in total. The third-order valence-corrected chi connectivity index (χ3v) is 2.95. The number of hydrogen-bond acceptors (Lipinski definition) is 4. The number of rotatable bonds is 3. The van der Waals surface area contributed by atoms with Crippen LogP contribution >= 0.6 is 11.8 Å². The normalized spacial score (nSPS) is 10.3. The zero-order valence-electron chi connectivity index (χ0n) is 8.80. The molecule has 0 saturated carbocycles. The number of halogens is 2. The van der Waals surface area contributed by atoms with Crippen LogP contribution in [0.3, 0.4) is 0 Å². The van der Waals surface area contributed by atoms with Crippen LogP contribution in [0.1, 0.15) is 10.5 Å². The zero-order valence-corrected chi connectivity index (χ0v) is 9.62. The van der Waals surface area contributed by atoms with Gasteiger partial charge in [-0.2, -0.15) is 0 Å². The van der Waals surface area contributed by atoms with Crippen molar-refractivity contribution in [2.24, 2.45) is 0 Å². The minimum Gasteiger partial charge on any atom is -0.476 e. The summed E-state index contributed by atoms with van der Waals surface area (Å²) in [6.45, 7) is 0. The van der Waals surface area contributed by atoms with Gasteiger partial charge in [0.1, 0.15) is 16.7 Å². The van der Waals surface area contributed by atoms with Gasteiger partial charge < -0.3 is 5.11 Å². The number of carboxylic acid groups (broad SMARTS) is 1. The molecule has 7 heteroatoms. The molecule has 0 fully saturated rings. The molecule has 0 unspecified atom stereocenters. The summed E-state index contributed by atoms with van der Waals surface area (Å²) in [6, 6.07) is 5.84. The topological polar surface area (TPSA) is 63.1 Å². The fraction of sp³-hybridized carbons (Fsp3) is 0. The minimum atomic E-state index is -1.19. The fourth-order valence-electron chi connectivity index (χ4n) is 1.16. The molecule has 0 radical (unpaired) electrons. The predicted octanol–water partition coefficient (Wildman–Crippen LogP) is 2.60. The highest BCUT2D eigenvalue weighted by Gasteiger charge is 2.09. The Bertz CT molecular complexity index is 590. The second kappa shape index (κ2) is 5.09. The molecule has 0 spiro atoms. The van der Waals surface area contributed by atoms with E-state index in [2.05, 4.69) is 10.2 Å². The number of hydrogen-bond donors (Lipinski definition) is 1. The molecule has 4 nitrogen and oxygen atoms in total. The van der Waals surface area contributed by atoms with Crippen LogP contribution in [0.25, 0.3) is 0 Å². The second-order valence-electron chi connectivity index (χ2n) is 3.24. The van der Waals surface area contributed by atoms with Crippen molar-refractivity contribution in [2.45, 2.75) is 9.92 Å². The average Bonchev–Trinajstić information content (AvgIpc) is 2.33. The Morgan fingerprint density at radius 2 is 1.94 bits per heavy atom. The van der Waals surface area contributed by atoms with Crippen LogP contribution in [0.4, 0.5) is 8.78 Å². The fourth-order valence-corrected chi connectivity index (χ4v) is 1.89. The van der Waals surface area contributed by atoms with Gasteiger partial charge in [-0.05, 0) is 24.3 Å². The Kier molecular flexibility index (Phi) is 3.52. The Labute approximate surface area is 105 Å². The molecule has 0 aliphatic rings. The van der Waals surface area contributed by atoms with Gasteiger partial charge in [-0.15, -0.1) is 10.2 Å². The Balaban J connectivity index is 2.21. The molecular formula is C11H6F2N2O2S. The van der Waals surface area contributed by atoms with Crippen molar-refractivity contribution in [3.05, 3.63) is 47.7 Å². The molecular weight excluding hydrogens is 262 g/mol. The summed E-state index contributed by atoms with van der Waals surface area (Å²) in [7, 11) is 0. The van der Waals surface area contributed by atoms with Gasteiger partial charge in [0.25, 0.3) is 0 Å². The van der Waals surface area contributed by atoms with Crippen LogP contribution in [0, 0.1) is 11.6 Å². The van der Waals surface area contributed by atoms with Gasteiger partial charge in [0.2, 0.25) is 0 Å². The summed E-state index contributed by atoms with van der Waals surface area (Å²) in [4.78, 5) is 10.7. The average molecular weight is 268 g/mol. The maximum atomic E-state index is 13.3. The van der Waals surface area contributed by atoms with Crippen molar-refractivity contribution in [1.82, 2.24) is 10.2 Å². The lowest BCUT2D eigenvalue weighted by Gasteiger charge is -2.02. The van der Waals surface area contributed by atoms with Gasteiger partial charge >= 0.3 is 5.97 Å². The van der Waals surface area contributed by atoms with Gasteiger partial charge in [-0.3, -0.25) is 0 Å². The molecule has 0 bridgehead atoms. The summed E-state index contributed by atoms with van der Waals surface area (Å²) in [5.74, 6) is -2.56. The van der Waals surface area contributed by atoms with E-state index in [1.165, 1.54) is 18.2 Å². The Morgan fingerprint density at radius 3 is 2.50 bits per heavy atom. The molecule has 2 aromatic rings. The van der Waals surface area contributed by atoms with E-state index < -0.39 is 17.6 Å². The molecule has 0 atom stereocenters. The van der Waals surface area contributed by atoms with Crippen LogP contribution in [-0.2, 0) is 0 Å². The molecule has 0 amide bonds. The van der Waals surface area contributed by atoms with Crippen molar-refractivity contribution in [2.75, 3.05) is 0 Å². The highest BCUT2D eigenvalue weighted by atomic mass is 32.2. The molecule has 2 rings (SSSR count). The highest BCUT2D eigenvalue weighted by molar-refractivity contribution is 7.99. The molecule has 1 aromatic heterocycles. The smallest absolute Gasteiger partial charge is 0.356 e. The molecule has 0 saturated heterocycles. The number of carboxylic acids is 1. The lowest BCUT2D eigenvalue weighted by Crippen LogP contribution is -2.01. The van der Waals surface area contributed by atoms with Gasteiger partial charge in [0.15, 0.2) is 5.69 Å². The third-order valence-electron chi connectivity index (χ3n) is 1.97. The van der Waals surface area contributed by atoms with Crippen molar-refractivity contribution in [3.63, 3.8) is 0 Å². The number of aromatic nitrogens is 2. The molecule has 1 heterocycles. The zero-order chi connectivity index (χ0) is 13.1. The summed E-state index contributed by atoms with van der Waals surface area (Å²) < 4.78 is 26.0. The van der Waals surface area contributed by atoms with Crippen LogP contribution in [0.2, 0.25) is 0 Å². The number of nitrogens with zero attached hydrogens (tertiary/aromatic N) is 2. The summed E-state index contributed by atoms with van der Waals surface area (Å²) >= 11 is 0.935. The van der Waals surface area contributed by atoms with Gasteiger partial charge in [0, 0.05) is 11.0 Å². The van der Waals surface area contributed by atoms with E-state index in [0.717, 1.165) is 23.9 Å². The van der Waals surface area contributed by atoms with E-state index in [-0.39, 0.29) is 10.6 Å². The standard InChI is InChI=1S/C11H6F2N2O2S/c12-6-1-3-9(7(13)5-6)18-10-4-2-8(11(16)17)14-15-10/h1-5H,(H,16,17). The van der Waals surface area contributed by atoms with Crippen molar-refractivity contribution < 1.29 is 18.7 Å². The third kappa shape index (κ3) is 2.80. The van der Waals surface area contributed by atoms with Gasteiger partial charge in [0.05, 0.1) is 0 Å². The summed E-state index contributed by atoms with van der Waals surface area (Å²) in [5, 5.41) is 16.0. The van der Waals surface area contributed by atoms with Crippen LogP contribution in [0.15, 0.2) is 40.3 Å². The SMILES string of the molecule is O=C(O)c1ccc(Sc2ccc(F)cc2F)nn1. The van der Waals surface area contributed by atoms with E-state index >= 15 is 0 Å². The van der Waals surface area contributed by atoms with E-state index in [4.69, 9.17) is 5.11 Å². The largest absolute Gasteiger partial charge is 0.476 e. The predicted molar refractivity (Wildman–Crippen MR) is 59.5 cm³/mol. The van der Waals surface area contributed by atoms with Crippen LogP contribution < -0.4 is 0 Å². The van der Waals surface area contributed by atoms with E-state index in [0.29, 0.717) is 5.03 Å². The maximum Gasteiger partial charge on any atom is 0.356 e. The van der Waals surface area contributed by atoms with E-state index in [1.54, 1.807) is 0 Å². The minimum absolute atomic E-state index is 0.189. The number of benzene rings is 1. The number of carbonyl (C=O) groups is 1. The summed E-state index contributed by atoms with van der Waals surface area (Å²) in [5.41, 5.74) is -0.195. The Morgan fingerprint density at radius 1 is 1.17 bits per heavy atom. The van der Waals surface area contributed by atoms with Crippen LogP contribution in [-0.4, -0.2) is 21.3 Å². The molecule has 1 aromatic carbocycles. The van der Waals surface area contributed by atoms with Crippen LogP contribution in [0.5, 0.6) is 0 Å². The number of aromatic carboxylic acids is 1. The van der Waals surface area contributed by atoms with Crippen molar-refractivity contribution in [3.8, 4) is 0 Å². The van der Waals surface area contributed by atoms with E-state index in [1.807, 2.05) is 0 Å². The molecule has 0 aliphatic carbocycles. The first kappa shape index (κ1) is 12.4. The highest BCUT2D eigenvalue weighted by Crippen LogP contribution is 2.28. The first-order chi connectivity index (χ1) is 8.56. The van der Waals surface area contributed by atoms with Crippen molar-refractivity contribution in [1.29, 1.82) is 0 Å². The summed E-state index contributed by atoms with van der Waals surface area (Å²) in [6.07, 6.45) is 0. The monoisotopic (exact) mass is 268 g/mol. The Hall–Kier alpha value is -2.02. The lowest BCUT2D eigenvalue weighted by atomic mass is 10.3. The first-order valence-corrected chi connectivity index (χ1v) is 5.58. The lowest BCUT2D eigenvalue weighted by molar-refractivity contribution is 0.0689. The quantitative estimate of drug-likeness (QED) is 0.927. The van der Waals surface area contributed by atoms with Gasteiger partial charge in [-0.25, -0.2) is 13.6 Å². The van der Waals surface area contributed by atoms with Crippen molar-refractivity contribution >= 4 is 17.7 Å². The van der Waals surface area contributed by atoms with Gasteiger partial charge in [-0.1, -0.05) is 11.8 Å². The first-order valence-electron chi connectivity index (χ1n) is 4.76. The molecule has 18 heavy (non-hydrogen) atoms. The van der Waals surface area contributed by atoms with E-state index in [9.17, 15) is 13.6 Å². The maximum absolute atomic E-state index is 13.3. The second-order valence-corrected chi connectivity index (χ2v) is 4.30. The molecule has 92 valence electrons.